The van der Waals surface area contributed by atoms with Crippen molar-refractivity contribution in [2.45, 2.75) is 93.4 Å². The molecule has 1 saturated heterocycles. The summed E-state index contributed by atoms with van der Waals surface area (Å²) in [5.41, 5.74) is 3.69. The topological polar surface area (TPSA) is 88.5 Å². The first kappa shape index (κ1) is 41.7. The SMILES string of the molecule is CC(=O)CC(NC(=O)[C@@H](C)CC(C)C)c1cc(-c2c(C)c[c-]cc2C)cc(C)c1F.CC(=O)c1cccn(CCN2CC(C)(F)C2)c1=O.[Cr]. The second kappa shape index (κ2) is 18.0. The third-order valence-electron chi connectivity index (χ3n) is 8.58. The standard InChI is InChI=1S/C26H33FNO2.C13H17FN2O2.Cr/c1-15(2)11-19(6)26(30)28-23(13-20(7)29)22-14-21(12-18(5)25(22)27)24-16(3)9-8-10-17(24)4;1-10(17)11-4-3-5-16(12(11)18)7-6-15-8-13(2,14)9-15;/h9-10,12,14-15,19,23H,11,13H2,1-7H3,(H,28,30);3-5H,6-9H2,1-2H3;/q-1;;/t19-,23?;;/m0../s1. The number of aryl methyl sites for hydroxylation is 3. The number of pyridine rings is 1. The zero-order chi connectivity index (χ0) is 35.9. The normalized spacial score (nSPS) is 14.9. The van der Waals surface area contributed by atoms with Gasteiger partial charge in [0.2, 0.25) is 5.91 Å². The summed E-state index contributed by atoms with van der Waals surface area (Å²) in [5.74, 6) is -0.685. The van der Waals surface area contributed by atoms with Crippen molar-refractivity contribution in [3.63, 3.8) is 0 Å². The zero-order valence-corrected chi connectivity index (χ0v) is 31.5. The number of alkyl halides is 1. The van der Waals surface area contributed by atoms with E-state index >= 15 is 4.39 Å². The molecule has 7 nitrogen and oxygen atoms in total. The van der Waals surface area contributed by atoms with Crippen molar-refractivity contribution in [2.24, 2.45) is 11.8 Å². The van der Waals surface area contributed by atoms with E-state index in [4.69, 9.17) is 0 Å². The maximum Gasteiger partial charge on any atom is 0.261 e. The minimum absolute atomic E-state index is 0. The Morgan fingerprint density at radius 3 is 2.14 bits per heavy atom. The van der Waals surface area contributed by atoms with Crippen LogP contribution in [0.5, 0.6) is 0 Å². The third-order valence-corrected chi connectivity index (χ3v) is 8.58. The third kappa shape index (κ3) is 11.6. The van der Waals surface area contributed by atoms with Gasteiger partial charge in [-0.15, -0.1) is 5.56 Å². The molecule has 1 N–H and O–H groups in total. The van der Waals surface area contributed by atoms with Gasteiger partial charge in [0.05, 0.1) is 11.6 Å². The molecule has 10 heteroatoms. The van der Waals surface area contributed by atoms with Crippen LogP contribution in [0.3, 0.4) is 0 Å². The summed E-state index contributed by atoms with van der Waals surface area (Å²) < 4.78 is 30.0. The molecule has 1 aromatic heterocycles. The van der Waals surface area contributed by atoms with E-state index in [1.807, 2.05) is 43.9 Å². The number of hydrogen-bond acceptors (Lipinski definition) is 5. The predicted octanol–water partition coefficient (Wildman–Crippen LogP) is 7.13. The van der Waals surface area contributed by atoms with E-state index in [1.54, 1.807) is 32.2 Å². The van der Waals surface area contributed by atoms with Gasteiger partial charge in [0.15, 0.2) is 5.78 Å². The molecule has 1 aliphatic heterocycles. The Morgan fingerprint density at radius 2 is 1.61 bits per heavy atom. The molecule has 266 valence electrons. The van der Waals surface area contributed by atoms with Crippen molar-refractivity contribution in [1.29, 1.82) is 0 Å². The number of rotatable bonds is 12. The van der Waals surface area contributed by atoms with Crippen LogP contribution in [0.1, 0.15) is 93.0 Å². The van der Waals surface area contributed by atoms with Gasteiger partial charge >= 0.3 is 0 Å². The van der Waals surface area contributed by atoms with Crippen LogP contribution in [0.2, 0.25) is 0 Å². The first-order chi connectivity index (χ1) is 22.4. The molecule has 2 heterocycles. The average Bonchev–Trinajstić information content (AvgIpc) is 2.96. The largest absolute Gasteiger partial charge is 0.349 e. The maximum atomic E-state index is 15.2. The molecule has 0 bridgehead atoms. The van der Waals surface area contributed by atoms with Crippen molar-refractivity contribution in [1.82, 2.24) is 14.8 Å². The second-order valence-corrected chi connectivity index (χ2v) is 14.0. The van der Waals surface area contributed by atoms with Crippen LogP contribution in [0.4, 0.5) is 8.78 Å². The van der Waals surface area contributed by atoms with Crippen LogP contribution in [0.15, 0.2) is 47.4 Å². The molecule has 0 spiro atoms. The zero-order valence-electron chi connectivity index (χ0n) is 30.2. The van der Waals surface area contributed by atoms with E-state index in [0.29, 0.717) is 43.2 Å². The van der Waals surface area contributed by atoms with Gasteiger partial charge in [-0.3, -0.25) is 24.1 Å². The maximum absolute atomic E-state index is 15.2. The number of nitrogens with zero attached hydrogens (tertiary/aromatic N) is 2. The van der Waals surface area contributed by atoms with Crippen LogP contribution < -0.4 is 10.9 Å². The molecule has 0 aliphatic carbocycles. The monoisotopic (exact) mass is 714 g/mol. The Hall–Kier alpha value is -3.45. The van der Waals surface area contributed by atoms with Gasteiger partial charge in [0, 0.05) is 67.6 Å². The Labute approximate surface area is 300 Å². The van der Waals surface area contributed by atoms with E-state index in [1.165, 1.54) is 24.5 Å². The Bertz CT molecular complexity index is 1670. The van der Waals surface area contributed by atoms with Crippen LogP contribution in [0, 0.1) is 44.5 Å². The summed E-state index contributed by atoms with van der Waals surface area (Å²) in [6.45, 7) is 18.1. The van der Waals surface area contributed by atoms with E-state index in [2.05, 4.69) is 25.2 Å². The molecule has 1 aliphatic rings. The Morgan fingerprint density at radius 1 is 1.00 bits per heavy atom. The van der Waals surface area contributed by atoms with E-state index in [0.717, 1.165) is 28.7 Å². The molecule has 2 atom stereocenters. The van der Waals surface area contributed by atoms with Crippen molar-refractivity contribution < 1.29 is 40.5 Å². The summed E-state index contributed by atoms with van der Waals surface area (Å²) >= 11 is 0. The number of ketones is 2. The summed E-state index contributed by atoms with van der Waals surface area (Å²) in [6, 6.07) is 13.0. The number of nitrogens with one attached hydrogen (secondary N) is 1. The number of carbonyl (C=O) groups excluding carboxylic acids is 3. The van der Waals surface area contributed by atoms with Crippen LogP contribution in [-0.4, -0.2) is 52.2 Å². The van der Waals surface area contributed by atoms with Gasteiger partial charge < -0.3 is 9.88 Å². The van der Waals surface area contributed by atoms with Crippen molar-refractivity contribution >= 4 is 17.5 Å². The number of Topliss-reactive ketones (excluding diaryl/α,β-unsaturated/α-hetero) is 2. The summed E-state index contributed by atoms with van der Waals surface area (Å²) in [6.07, 6.45) is 2.45. The van der Waals surface area contributed by atoms with Gasteiger partial charge in [-0.05, 0) is 69.4 Å². The van der Waals surface area contributed by atoms with Gasteiger partial charge in [0.1, 0.15) is 17.3 Å². The average molecular weight is 715 g/mol. The number of amides is 1. The smallest absolute Gasteiger partial charge is 0.261 e. The van der Waals surface area contributed by atoms with Crippen molar-refractivity contribution in [2.75, 3.05) is 19.6 Å². The first-order valence-corrected chi connectivity index (χ1v) is 16.6. The van der Waals surface area contributed by atoms with E-state index in [-0.39, 0.29) is 64.1 Å². The number of likely N-dealkylation sites (tertiary alicyclic amines) is 1. The molecule has 4 rings (SSSR count). The number of hydrogen-bond donors (Lipinski definition) is 1. The van der Waals surface area contributed by atoms with Crippen LogP contribution >= 0.6 is 0 Å². The number of halogens is 2. The van der Waals surface area contributed by atoms with Gasteiger partial charge in [-0.25, -0.2) is 8.78 Å². The molecular weight excluding hydrogens is 664 g/mol. The molecule has 0 saturated carbocycles. The number of aromatic nitrogens is 1. The molecule has 0 radical (unpaired) electrons. The van der Waals surface area contributed by atoms with Gasteiger partial charge in [-0.1, -0.05) is 40.7 Å². The Kier molecular flexibility index (Phi) is 15.3. The van der Waals surface area contributed by atoms with E-state index in [9.17, 15) is 23.6 Å². The second-order valence-electron chi connectivity index (χ2n) is 14.0. The van der Waals surface area contributed by atoms with Crippen molar-refractivity contribution in [3.8, 4) is 11.1 Å². The summed E-state index contributed by atoms with van der Waals surface area (Å²) in [5, 5.41) is 2.94. The molecule has 1 amide bonds. The molecular formula is C39H50CrF2N3O4-. The first-order valence-electron chi connectivity index (χ1n) is 16.6. The fraction of sp³-hybridized carbons (Fsp3) is 0.487. The fourth-order valence-electron chi connectivity index (χ4n) is 6.33. The van der Waals surface area contributed by atoms with Crippen molar-refractivity contribution in [3.05, 3.63) is 92.6 Å². The fourth-order valence-corrected chi connectivity index (χ4v) is 6.33. The molecule has 2 aromatic carbocycles. The molecule has 1 unspecified atom stereocenters. The minimum atomic E-state index is -1.09. The molecule has 1 fully saturated rings. The van der Waals surface area contributed by atoms with Gasteiger partial charge in [-0.2, -0.15) is 29.3 Å². The molecule has 49 heavy (non-hydrogen) atoms. The predicted molar refractivity (Wildman–Crippen MR) is 186 cm³/mol. The van der Waals surface area contributed by atoms with Crippen LogP contribution in [-0.2, 0) is 33.5 Å². The minimum Gasteiger partial charge on any atom is -0.349 e. The number of carbonyl (C=O) groups is 3. The molecule has 3 aromatic rings. The quantitative estimate of drug-likeness (QED) is 0.159. The Balaban J connectivity index is 0.000000374. The van der Waals surface area contributed by atoms with Gasteiger partial charge in [0.25, 0.3) is 5.56 Å². The van der Waals surface area contributed by atoms with E-state index < -0.39 is 11.7 Å². The summed E-state index contributed by atoms with van der Waals surface area (Å²) in [4.78, 5) is 49.8. The van der Waals surface area contributed by atoms with Crippen LogP contribution in [0.25, 0.3) is 11.1 Å². The number of benzene rings is 2. The summed E-state index contributed by atoms with van der Waals surface area (Å²) in [7, 11) is 0.